The fourth-order valence-corrected chi connectivity index (χ4v) is 3.40. The van der Waals surface area contributed by atoms with Crippen LogP contribution in [0.25, 0.3) is 6.08 Å². The molecule has 1 saturated heterocycles. The number of carbonyl (C=O) groups is 1. The van der Waals surface area contributed by atoms with E-state index >= 15 is 0 Å². The van der Waals surface area contributed by atoms with Crippen molar-refractivity contribution in [2.45, 2.75) is 13.8 Å². The number of hydrogen-bond acceptors (Lipinski definition) is 5. The van der Waals surface area contributed by atoms with Crippen molar-refractivity contribution >= 4 is 29.0 Å². The normalized spacial score (nSPS) is 14.9. The number of nitrogens with zero attached hydrogens (tertiary/aromatic N) is 3. The van der Waals surface area contributed by atoms with Crippen molar-refractivity contribution in [2.75, 3.05) is 42.9 Å². The summed E-state index contributed by atoms with van der Waals surface area (Å²) in [5.74, 6) is -0.274. The van der Waals surface area contributed by atoms with Gasteiger partial charge in [-0.3, -0.25) is 14.9 Å². The molecule has 0 unspecified atom stereocenters. The molecule has 29 heavy (non-hydrogen) atoms. The Morgan fingerprint density at radius 1 is 1.17 bits per heavy atom. The summed E-state index contributed by atoms with van der Waals surface area (Å²) in [6, 6.07) is 12.2. The summed E-state index contributed by atoms with van der Waals surface area (Å²) in [6.07, 6.45) is 2.95. The summed E-state index contributed by atoms with van der Waals surface area (Å²) in [7, 11) is 0. The Kier molecular flexibility index (Phi) is 6.61. The fraction of sp³-hybridized carbons (Fsp3) is 0.318. The molecule has 2 aromatic carbocycles. The van der Waals surface area contributed by atoms with Gasteiger partial charge < -0.3 is 15.1 Å². The number of non-ortho nitro benzene ring substituents is 1. The predicted molar refractivity (Wildman–Crippen MR) is 116 cm³/mol. The van der Waals surface area contributed by atoms with Gasteiger partial charge in [-0.1, -0.05) is 19.1 Å². The number of nitro groups is 1. The monoisotopic (exact) mass is 394 g/mol. The quantitative estimate of drug-likeness (QED) is 0.459. The van der Waals surface area contributed by atoms with Gasteiger partial charge in [0.1, 0.15) is 0 Å². The minimum absolute atomic E-state index is 0.00115. The van der Waals surface area contributed by atoms with Crippen molar-refractivity contribution in [3.05, 3.63) is 69.8 Å². The Labute approximate surface area is 170 Å². The zero-order valence-electron chi connectivity index (χ0n) is 16.8. The molecule has 1 N–H and O–H groups in total. The molecule has 0 radical (unpaired) electrons. The van der Waals surface area contributed by atoms with Gasteiger partial charge >= 0.3 is 0 Å². The lowest BCUT2D eigenvalue weighted by atomic mass is 10.1. The number of benzene rings is 2. The molecule has 0 spiro atoms. The van der Waals surface area contributed by atoms with Crippen LogP contribution in [0.3, 0.4) is 0 Å². The average Bonchev–Trinajstić information content (AvgIpc) is 2.74. The highest BCUT2D eigenvalue weighted by Gasteiger charge is 2.16. The van der Waals surface area contributed by atoms with E-state index in [0.29, 0.717) is 5.56 Å². The second kappa shape index (κ2) is 9.34. The van der Waals surface area contributed by atoms with Crippen LogP contribution in [0.4, 0.5) is 17.1 Å². The number of nitro benzene ring substituents is 1. The minimum atomic E-state index is -0.454. The first-order valence-electron chi connectivity index (χ1n) is 9.77. The predicted octanol–water partition coefficient (Wildman–Crippen LogP) is 3.70. The maximum atomic E-state index is 12.3. The Hall–Kier alpha value is -3.19. The van der Waals surface area contributed by atoms with Gasteiger partial charge in [0, 0.05) is 55.8 Å². The molecule has 0 aliphatic carbocycles. The molecule has 1 heterocycles. The number of piperazine rings is 1. The number of nitrogens with one attached hydrogen (secondary N) is 1. The van der Waals surface area contributed by atoms with Gasteiger partial charge in [-0.05, 0) is 48.9 Å². The van der Waals surface area contributed by atoms with E-state index in [2.05, 4.69) is 28.1 Å². The van der Waals surface area contributed by atoms with Crippen molar-refractivity contribution in [1.29, 1.82) is 0 Å². The highest BCUT2D eigenvalue weighted by Crippen LogP contribution is 2.24. The Balaban J connectivity index is 1.62. The van der Waals surface area contributed by atoms with E-state index in [-0.39, 0.29) is 11.6 Å². The Bertz CT molecular complexity index is 918. The molecule has 1 aliphatic rings. The zero-order valence-corrected chi connectivity index (χ0v) is 16.8. The van der Waals surface area contributed by atoms with Gasteiger partial charge in [-0.25, -0.2) is 0 Å². The maximum Gasteiger partial charge on any atom is 0.270 e. The molecule has 7 heteroatoms. The topological polar surface area (TPSA) is 78.7 Å². The van der Waals surface area contributed by atoms with Gasteiger partial charge in [0.05, 0.1) is 4.92 Å². The lowest BCUT2D eigenvalue weighted by molar-refractivity contribution is -0.384. The van der Waals surface area contributed by atoms with E-state index in [1.807, 2.05) is 19.1 Å². The van der Waals surface area contributed by atoms with Crippen LogP contribution in [0.2, 0.25) is 0 Å². The van der Waals surface area contributed by atoms with Crippen LogP contribution in [0.15, 0.2) is 48.5 Å². The molecule has 3 rings (SSSR count). The van der Waals surface area contributed by atoms with Crippen LogP contribution >= 0.6 is 0 Å². The number of aryl methyl sites for hydroxylation is 1. The van der Waals surface area contributed by atoms with Gasteiger partial charge in [0.15, 0.2) is 0 Å². The molecule has 152 valence electrons. The third kappa shape index (κ3) is 5.42. The van der Waals surface area contributed by atoms with Gasteiger partial charge in [-0.15, -0.1) is 0 Å². The summed E-state index contributed by atoms with van der Waals surface area (Å²) in [4.78, 5) is 27.5. The molecule has 1 amide bonds. The molecular formula is C22H26N4O3. The van der Waals surface area contributed by atoms with Crippen molar-refractivity contribution in [2.24, 2.45) is 0 Å². The maximum absolute atomic E-state index is 12.3. The smallest absolute Gasteiger partial charge is 0.270 e. The van der Waals surface area contributed by atoms with Crippen molar-refractivity contribution in [3.63, 3.8) is 0 Å². The SMILES string of the molecule is CCN1CCN(c2ccc(NC(=O)/C=C/c3cccc([N+](=O)[O-])c3)c(C)c2)CC1. The van der Waals surface area contributed by atoms with Crippen LogP contribution in [0.5, 0.6) is 0 Å². The molecular weight excluding hydrogens is 368 g/mol. The van der Waals surface area contributed by atoms with Crippen LogP contribution in [0.1, 0.15) is 18.1 Å². The van der Waals surface area contributed by atoms with E-state index < -0.39 is 4.92 Å². The van der Waals surface area contributed by atoms with E-state index in [1.54, 1.807) is 18.2 Å². The summed E-state index contributed by atoms with van der Waals surface area (Å²) in [5, 5.41) is 13.7. The van der Waals surface area contributed by atoms with Crippen LogP contribution < -0.4 is 10.2 Å². The molecule has 2 aromatic rings. The molecule has 0 aromatic heterocycles. The lowest BCUT2D eigenvalue weighted by Crippen LogP contribution is -2.46. The molecule has 0 atom stereocenters. The summed E-state index contributed by atoms with van der Waals surface area (Å²) in [5.41, 5.74) is 3.53. The number of likely N-dealkylation sites (N-methyl/N-ethyl adjacent to an activating group) is 1. The van der Waals surface area contributed by atoms with E-state index in [4.69, 9.17) is 0 Å². The molecule has 1 fully saturated rings. The van der Waals surface area contributed by atoms with E-state index in [9.17, 15) is 14.9 Å². The van der Waals surface area contributed by atoms with Gasteiger partial charge in [0.2, 0.25) is 5.91 Å². The first kappa shape index (κ1) is 20.5. The van der Waals surface area contributed by atoms with E-state index in [1.165, 1.54) is 23.9 Å². The van der Waals surface area contributed by atoms with Crippen LogP contribution in [-0.4, -0.2) is 48.5 Å². The third-order valence-electron chi connectivity index (χ3n) is 5.16. The standard InChI is InChI=1S/C22H26N4O3/c1-3-24-11-13-25(14-12-24)19-8-9-21(17(2)15-19)23-22(27)10-7-18-5-4-6-20(16-18)26(28)29/h4-10,15-16H,3,11-14H2,1-2H3,(H,23,27)/b10-7+. The highest BCUT2D eigenvalue weighted by molar-refractivity contribution is 6.02. The fourth-order valence-electron chi connectivity index (χ4n) is 3.40. The number of anilines is 2. The molecule has 7 nitrogen and oxygen atoms in total. The first-order chi connectivity index (χ1) is 14.0. The number of rotatable bonds is 6. The first-order valence-corrected chi connectivity index (χ1v) is 9.77. The second-order valence-electron chi connectivity index (χ2n) is 7.10. The average molecular weight is 394 g/mol. The molecule has 0 saturated carbocycles. The minimum Gasteiger partial charge on any atom is -0.369 e. The Morgan fingerprint density at radius 3 is 2.59 bits per heavy atom. The van der Waals surface area contributed by atoms with Crippen LogP contribution in [0, 0.1) is 17.0 Å². The van der Waals surface area contributed by atoms with Crippen molar-refractivity contribution < 1.29 is 9.72 Å². The summed E-state index contributed by atoms with van der Waals surface area (Å²) < 4.78 is 0. The number of amides is 1. The summed E-state index contributed by atoms with van der Waals surface area (Å²) >= 11 is 0. The Morgan fingerprint density at radius 2 is 1.93 bits per heavy atom. The summed E-state index contributed by atoms with van der Waals surface area (Å²) in [6.45, 7) is 9.39. The lowest BCUT2D eigenvalue weighted by Gasteiger charge is -2.35. The van der Waals surface area contributed by atoms with Crippen LogP contribution in [-0.2, 0) is 4.79 Å². The zero-order chi connectivity index (χ0) is 20.8. The number of hydrogen-bond donors (Lipinski definition) is 1. The third-order valence-corrected chi connectivity index (χ3v) is 5.16. The molecule has 0 bridgehead atoms. The van der Waals surface area contributed by atoms with E-state index in [0.717, 1.165) is 44.0 Å². The number of carbonyl (C=O) groups excluding carboxylic acids is 1. The highest BCUT2D eigenvalue weighted by atomic mass is 16.6. The molecule has 1 aliphatic heterocycles. The van der Waals surface area contributed by atoms with Crippen molar-refractivity contribution in [3.8, 4) is 0 Å². The van der Waals surface area contributed by atoms with Crippen molar-refractivity contribution in [1.82, 2.24) is 4.90 Å². The van der Waals surface area contributed by atoms with Gasteiger partial charge in [-0.2, -0.15) is 0 Å². The second-order valence-corrected chi connectivity index (χ2v) is 7.10. The van der Waals surface area contributed by atoms with Gasteiger partial charge in [0.25, 0.3) is 5.69 Å². The largest absolute Gasteiger partial charge is 0.369 e.